The van der Waals surface area contributed by atoms with E-state index in [2.05, 4.69) is 20.9 Å². The Morgan fingerprint density at radius 2 is 1.90 bits per heavy atom. The van der Waals surface area contributed by atoms with E-state index in [9.17, 15) is 4.79 Å². The molecule has 0 spiro atoms. The highest BCUT2D eigenvalue weighted by atomic mass is 32.2. The molecular weight excluding hydrogens is 382 g/mol. The van der Waals surface area contributed by atoms with E-state index in [1.165, 1.54) is 11.8 Å². The zero-order valence-corrected chi connectivity index (χ0v) is 17.3. The number of carbonyl (C=O) groups is 1. The molecule has 2 heterocycles. The van der Waals surface area contributed by atoms with Crippen LogP contribution in [0.2, 0.25) is 0 Å². The van der Waals surface area contributed by atoms with Gasteiger partial charge in [-0.1, -0.05) is 12.1 Å². The summed E-state index contributed by atoms with van der Waals surface area (Å²) in [6.45, 7) is 4.06. The molecule has 2 aromatic carbocycles. The van der Waals surface area contributed by atoms with E-state index in [1.807, 2.05) is 74.7 Å². The van der Waals surface area contributed by atoms with Gasteiger partial charge in [0, 0.05) is 17.6 Å². The number of thioether (sulfide) groups is 1. The Kier molecular flexibility index (Phi) is 5.27. The van der Waals surface area contributed by atoms with Gasteiger partial charge in [-0.25, -0.2) is 4.99 Å². The molecule has 1 N–H and O–H groups in total. The van der Waals surface area contributed by atoms with Gasteiger partial charge in [-0.15, -0.1) is 0 Å². The molecular formula is C23H21N3O2S. The summed E-state index contributed by atoms with van der Waals surface area (Å²) in [4.78, 5) is 17.5. The molecule has 0 aliphatic carbocycles. The SMILES string of the molecule is COc1ccc(-n2cc(/C=C3/SC(=Nc4cccc(C)c4)NC3=O)cc2C)cc1. The van der Waals surface area contributed by atoms with E-state index in [-0.39, 0.29) is 5.91 Å². The first-order chi connectivity index (χ1) is 14.0. The molecule has 5 nitrogen and oxygen atoms in total. The molecule has 1 fully saturated rings. The van der Waals surface area contributed by atoms with Crippen LogP contribution in [-0.4, -0.2) is 22.8 Å². The molecule has 3 aromatic rings. The first-order valence-corrected chi connectivity index (χ1v) is 10.0. The lowest BCUT2D eigenvalue weighted by atomic mass is 10.2. The van der Waals surface area contributed by atoms with Gasteiger partial charge in [-0.2, -0.15) is 0 Å². The van der Waals surface area contributed by atoms with Crippen LogP contribution in [-0.2, 0) is 4.79 Å². The quantitative estimate of drug-likeness (QED) is 0.624. The molecule has 6 heteroatoms. The van der Waals surface area contributed by atoms with Gasteiger partial charge in [0.15, 0.2) is 5.17 Å². The Hall–Kier alpha value is -3.25. The number of aryl methyl sites for hydroxylation is 2. The number of nitrogens with zero attached hydrogens (tertiary/aromatic N) is 2. The lowest BCUT2D eigenvalue weighted by molar-refractivity contribution is -0.115. The zero-order valence-electron chi connectivity index (χ0n) is 16.5. The van der Waals surface area contributed by atoms with Crippen molar-refractivity contribution < 1.29 is 9.53 Å². The predicted octanol–water partition coefficient (Wildman–Crippen LogP) is 4.99. The second-order valence-electron chi connectivity index (χ2n) is 6.80. The molecule has 1 aliphatic heterocycles. The molecule has 0 saturated carbocycles. The highest BCUT2D eigenvalue weighted by Crippen LogP contribution is 2.29. The minimum absolute atomic E-state index is 0.128. The van der Waals surface area contributed by atoms with Crippen molar-refractivity contribution in [3.63, 3.8) is 0 Å². The number of amidine groups is 1. The predicted molar refractivity (Wildman–Crippen MR) is 119 cm³/mol. The van der Waals surface area contributed by atoms with Crippen LogP contribution in [0.15, 0.2) is 70.7 Å². The maximum atomic E-state index is 12.4. The summed E-state index contributed by atoms with van der Waals surface area (Å²) in [5.74, 6) is 0.691. The molecule has 1 amide bonds. The van der Waals surface area contributed by atoms with Crippen molar-refractivity contribution >= 4 is 34.6 Å². The van der Waals surface area contributed by atoms with Crippen molar-refractivity contribution in [3.8, 4) is 11.4 Å². The monoisotopic (exact) mass is 403 g/mol. The van der Waals surface area contributed by atoms with Crippen LogP contribution in [0.1, 0.15) is 16.8 Å². The Morgan fingerprint density at radius 1 is 1.10 bits per heavy atom. The lowest BCUT2D eigenvalue weighted by Crippen LogP contribution is -2.19. The Morgan fingerprint density at radius 3 is 2.62 bits per heavy atom. The van der Waals surface area contributed by atoms with Gasteiger partial charge in [0.25, 0.3) is 5.91 Å². The average molecular weight is 404 g/mol. The third kappa shape index (κ3) is 4.27. The van der Waals surface area contributed by atoms with Crippen LogP contribution in [0.3, 0.4) is 0 Å². The Labute approximate surface area is 174 Å². The molecule has 146 valence electrons. The zero-order chi connectivity index (χ0) is 20.4. The number of carbonyl (C=O) groups excluding carboxylic acids is 1. The Bertz CT molecular complexity index is 1130. The van der Waals surface area contributed by atoms with Crippen molar-refractivity contribution in [2.75, 3.05) is 7.11 Å². The van der Waals surface area contributed by atoms with Crippen LogP contribution in [0.5, 0.6) is 5.75 Å². The number of amides is 1. The number of aliphatic imine (C=N–C) groups is 1. The van der Waals surface area contributed by atoms with Gasteiger partial charge in [-0.05, 0) is 85.3 Å². The van der Waals surface area contributed by atoms with Crippen molar-refractivity contribution in [1.82, 2.24) is 9.88 Å². The first kappa shape index (κ1) is 19.1. The van der Waals surface area contributed by atoms with Crippen molar-refractivity contribution in [1.29, 1.82) is 0 Å². The van der Waals surface area contributed by atoms with Gasteiger partial charge in [0.05, 0.1) is 17.7 Å². The molecule has 1 aliphatic rings. The van der Waals surface area contributed by atoms with Crippen LogP contribution in [0.25, 0.3) is 11.8 Å². The lowest BCUT2D eigenvalue weighted by Gasteiger charge is -2.06. The maximum absolute atomic E-state index is 12.4. The van der Waals surface area contributed by atoms with E-state index >= 15 is 0 Å². The summed E-state index contributed by atoms with van der Waals surface area (Å²) in [6, 6.07) is 17.8. The number of benzene rings is 2. The third-order valence-corrected chi connectivity index (χ3v) is 5.48. The van der Waals surface area contributed by atoms with Crippen LogP contribution >= 0.6 is 11.8 Å². The fourth-order valence-corrected chi connectivity index (χ4v) is 3.99. The molecule has 0 unspecified atom stereocenters. The second kappa shape index (κ2) is 8.01. The molecule has 4 rings (SSSR count). The summed E-state index contributed by atoms with van der Waals surface area (Å²) in [7, 11) is 1.65. The highest BCUT2D eigenvalue weighted by Gasteiger charge is 2.24. The minimum Gasteiger partial charge on any atom is -0.497 e. The molecule has 29 heavy (non-hydrogen) atoms. The average Bonchev–Trinajstić information content (AvgIpc) is 3.24. The molecule has 1 saturated heterocycles. The summed E-state index contributed by atoms with van der Waals surface area (Å²) >= 11 is 1.35. The Balaban J connectivity index is 1.57. The minimum atomic E-state index is -0.128. The van der Waals surface area contributed by atoms with Crippen LogP contribution in [0, 0.1) is 13.8 Å². The van der Waals surface area contributed by atoms with Crippen molar-refractivity contribution in [3.05, 3.63) is 82.5 Å². The number of rotatable bonds is 4. The normalized spacial score (nSPS) is 16.4. The molecule has 1 aromatic heterocycles. The number of hydrogen-bond acceptors (Lipinski definition) is 4. The fourth-order valence-electron chi connectivity index (χ4n) is 3.15. The number of nitrogens with one attached hydrogen (secondary N) is 1. The summed E-state index contributed by atoms with van der Waals surface area (Å²) < 4.78 is 7.31. The number of hydrogen-bond donors (Lipinski definition) is 1. The van der Waals surface area contributed by atoms with E-state index in [4.69, 9.17) is 4.74 Å². The summed E-state index contributed by atoms with van der Waals surface area (Å²) in [6.07, 6.45) is 3.92. The van der Waals surface area contributed by atoms with E-state index < -0.39 is 0 Å². The summed E-state index contributed by atoms with van der Waals surface area (Å²) in [5.41, 5.74) is 5.05. The standard InChI is InChI=1S/C23H21N3O2S/c1-15-5-4-6-18(11-15)24-23-25-22(27)21(29-23)13-17-12-16(2)26(14-17)19-7-9-20(28-3)10-8-19/h4-14H,1-3H3,(H,24,25,27)/b21-13+. The second-order valence-corrected chi connectivity index (χ2v) is 7.83. The fraction of sp³-hybridized carbons (Fsp3) is 0.130. The number of methoxy groups -OCH3 is 1. The van der Waals surface area contributed by atoms with E-state index in [0.717, 1.165) is 33.9 Å². The molecule has 0 radical (unpaired) electrons. The number of aromatic nitrogens is 1. The van der Waals surface area contributed by atoms with Crippen LogP contribution < -0.4 is 10.1 Å². The third-order valence-electron chi connectivity index (χ3n) is 4.57. The van der Waals surface area contributed by atoms with Gasteiger partial charge in [-0.3, -0.25) is 4.79 Å². The van der Waals surface area contributed by atoms with Crippen molar-refractivity contribution in [2.24, 2.45) is 4.99 Å². The van der Waals surface area contributed by atoms with E-state index in [0.29, 0.717) is 10.1 Å². The smallest absolute Gasteiger partial charge is 0.264 e. The topological polar surface area (TPSA) is 55.6 Å². The largest absolute Gasteiger partial charge is 0.497 e. The molecule has 0 bridgehead atoms. The number of ether oxygens (including phenoxy) is 1. The molecule has 0 atom stereocenters. The summed E-state index contributed by atoms with van der Waals surface area (Å²) in [5, 5.41) is 3.44. The van der Waals surface area contributed by atoms with E-state index in [1.54, 1.807) is 7.11 Å². The van der Waals surface area contributed by atoms with Gasteiger partial charge < -0.3 is 14.6 Å². The van der Waals surface area contributed by atoms with Crippen LogP contribution in [0.4, 0.5) is 5.69 Å². The first-order valence-electron chi connectivity index (χ1n) is 9.21. The van der Waals surface area contributed by atoms with Gasteiger partial charge >= 0.3 is 0 Å². The van der Waals surface area contributed by atoms with Gasteiger partial charge in [0.1, 0.15) is 5.75 Å². The van der Waals surface area contributed by atoms with Gasteiger partial charge in [0.2, 0.25) is 0 Å². The maximum Gasteiger partial charge on any atom is 0.264 e. The van der Waals surface area contributed by atoms with Crippen molar-refractivity contribution in [2.45, 2.75) is 13.8 Å². The highest BCUT2D eigenvalue weighted by molar-refractivity contribution is 8.18.